The minimum absolute atomic E-state index is 0.245. The van der Waals surface area contributed by atoms with E-state index in [0.29, 0.717) is 12.3 Å². The van der Waals surface area contributed by atoms with Crippen molar-refractivity contribution in [3.05, 3.63) is 53.1 Å². The zero-order chi connectivity index (χ0) is 20.6. The van der Waals surface area contributed by atoms with Crippen LogP contribution in [-0.2, 0) is 12.7 Å². The smallest absolute Gasteiger partial charge is 0.416 e. The second kappa shape index (κ2) is 7.62. The number of alkyl halides is 3. The van der Waals surface area contributed by atoms with Crippen molar-refractivity contribution < 1.29 is 17.9 Å². The number of methoxy groups -OCH3 is 1. The highest BCUT2D eigenvalue weighted by molar-refractivity contribution is 5.39. The molecule has 1 atom stereocenters. The standard InChI is InChI=1S/C20H22F3N5O/c1-13-8-17(28-19(26-13)24-12-25-28)14-4-3-7-27(10-14)11-15-5-6-16(20(21,22)23)9-18(15)29-2/h5-6,8-9,12,14H,3-4,7,10-11H2,1-2H3. The van der Waals surface area contributed by atoms with Crippen molar-refractivity contribution in [2.24, 2.45) is 0 Å². The number of piperidine rings is 1. The van der Waals surface area contributed by atoms with Gasteiger partial charge in [0.1, 0.15) is 12.1 Å². The Morgan fingerprint density at radius 3 is 2.83 bits per heavy atom. The summed E-state index contributed by atoms with van der Waals surface area (Å²) in [5.74, 6) is 1.09. The van der Waals surface area contributed by atoms with Crippen LogP contribution in [0, 0.1) is 6.92 Å². The normalized spacial score (nSPS) is 18.3. The highest BCUT2D eigenvalue weighted by Crippen LogP contribution is 2.34. The molecule has 0 aliphatic carbocycles. The summed E-state index contributed by atoms with van der Waals surface area (Å²) in [6, 6.07) is 5.73. The van der Waals surface area contributed by atoms with E-state index in [1.54, 1.807) is 4.52 Å². The molecule has 154 valence electrons. The molecule has 3 aromatic rings. The van der Waals surface area contributed by atoms with Crippen molar-refractivity contribution in [2.45, 2.75) is 38.4 Å². The van der Waals surface area contributed by atoms with Gasteiger partial charge in [0.2, 0.25) is 0 Å². The van der Waals surface area contributed by atoms with Crippen LogP contribution in [0.3, 0.4) is 0 Å². The molecule has 1 saturated heterocycles. The second-order valence-corrected chi connectivity index (χ2v) is 7.39. The van der Waals surface area contributed by atoms with Crippen LogP contribution in [0.2, 0.25) is 0 Å². The Labute approximate surface area is 166 Å². The quantitative estimate of drug-likeness (QED) is 0.660. The molecule has 0 saturated carbocycles. The average molecular weight is 405 g/mol. The molecule has 3 heterocycles. The van der Waals surface area contributed by atoms with E-state index < -0.39 is 11.7 Å². The predicted octanol–water partition coefficient (Wildman–Crippen LogP) is 3.84. The van der Waals surface area contributed by atoms with Crippen LogP contribution < -0.4 is 4.74 Å². The Hall–Kier alpha value is -2.68. The van der Waals surface area contributed by atoms with Gasteiger partial charge in [-0.1, -0.05) is 6.07 Å². The number of fused-ring (bicyclic) bond motifs is 1. The van der Waals surface area contributed by atoms with Crippen molar-refractivity contribution in [2.75, 3.05) is 20.2 Å². The first-order valence-corrected chi connectivity index (χ1v) is 9.49. The summed E-state index contributed by atoms with van der Waals surface area (Å²) in [5, 5.41) is 4.30. The number of likely N-dealkylation sites (tertiary alicyclic amines) is 1. The third kappa shape index (κ3) is 4.05. The number of aryl methyl sites for hydroxylation is 1. The van der Waals surface area contributed by atoms with E-state index in [1.165, 1.54) is 19.5 Å². The van der Waals surface area contributed by atoms with E-state index in [4.69, 9.17) is 4.74 Å². The zero-order valence-corrected chi connectivity index (χ0v) is 16.3. The van der Waals surface area contributed by atoms with Gasteiger partial charge in [-0.15, -0.1) is 0 Å². The Balaban J connectivity index is 1.56. The number of rotatable bonds is 4. The van der Waals surface area contributed by atoms with Gasteiger partial charge in [0.05, 0.1) is 18.4 Å². The molecule has 6 nitrogen and oxygen atoms in total. The number of nitrogens with zero attached hydrogens (tertiary/aromatic N) is 5. The molecule has 4 rings (SSSR count). The molecule has 1 aromatic carbocycles. The predicted molar refractivity (Wildman–Crippen MR) is 101 cm³/mol. The number of aromatic nitrogens is 4. The third-order valence-corrected chi connectivity index (χ3v) is 5.34. The lowest BCUT2D eigenvalue weighted by Gasteiger charge is -2.33. The molecule has 0 radical (unpaired) electrons. The van der Waals surface area contributed by atoms with Gasteiger partial charge >= 0.3 is 6.18 Å². The van der Waals surface area contributed by atoms with Crippen LogP contribution in [0.1, 0.15) is 41.3 Å². The van der Waals surface area contributed by atoms with Crippen LogP contribution in [0.4, 0.5) is 13.2 Å². The maximum absolute atomic E-state index is 13.0. The minimum Gasteiger partial charge on any atom is -0.496 e. The fraction of sp³-hybridized carbons (Fsp3) is 0.450. The first kappa shape index (κ1) is 19.6. The molecule has 9 heteroatoms. The Kier molecular flexibility index (Phi) is 5.16. The summed E-state index contributed by atoms with van der Waals surface area (Å²) in [4.78, 5) is 10.8. The average Bonchev–Trinajstić information content (AvgIpc) is 3.15. The number of halogens is 3. The van der Waals surface area contributed by atoms with Gasteiger partial charge in [-0.05, 0) is 44.5 Å². The van der Waals surface area contributed by atoms with E-state index in [-0.39, 0.29) is 11.7 Å². The largest absolute Gasteiger partial charge is 0.496 e. The minimum atomic E-state index is -4.38. The summed E-state index contributed by atoms with van der Waals surface area (Å²) in [7, 11) is 1.40. The highest BCUT2D eigenvalue weighted by atomic mass is 19.4. The van der Waals surface area contributed by atoms with Crippen LogP contribution >= 0.6 is 0 Å². The first-order valence-electron chi connectivity index (χ1n) is 9.49. The Morgan fingerprint density at radius 2 is 2.07 bits per heavy atom. The Morgan fingerprint density at radius 1 is 1.24 bits per heavy atom. The van der Waals surface area contributed by atoms with Gasteiger partial charge in [0, 0.05) is 30.3 Å². The zero-order valence-electron chi connectivity index (χ0n) is 16.3. The lowest BCUT2D eigenvalue weighted by Crippen LogP contribution is -2.34. The van der Waals surface area contributed by atoms with Gasteiger partial charge in [0.15, 0.2) is 0 Å². The lowest BCUT2D eigenvalue weighted by atomic mass is 9.93. The summed E-state index contributed by atoms with van der Waals surface area (Å²) in [6.07, 6.45) is -0.881. The van der Waals surface area contributed by atoms with Gasteiger partial charge in [-0.25, -0.2) is 9.50 Å². The molecule has 0 bridgehead atoms. The monoisotopic (exact) mass is 405 g/mol. The topological polar surface area (TPSA) is 55.5 Å². The van der Waals surface area contributed by atoms with Crippen molar-refractivity contribution in [3.63, 3.8) is 0 Å². The van der Waals surface area contributed by atoms with Crippen LogP contribution in [-0.4, -0.2) is 44.7 Å². The van der Waals surface area contributed by atoms with E-state index in [2.05, 4.69) is 20.0 Å². The summed E-state index contributed by atoms with van der Waals surface area (Å²) >= 11 is 0. The van der Waals surface area contributed by atoms with Gasteiger partial charge < -0.3 is 4.74 Å². The maximum atomic E-state index is 13.0. The molecule has 1 aliphatic heterocycles. The molecular formula is C20H22F3N5O. The molecular weight excluding hydrogens is 383 g/mol. The second-order valence-electron chi connectivity index (χ2n) is 7.39. The van der Waals surface area contributed by atoms with Crippen LogP contribution in [0.5, 0.6) is 5.75 Å². The van der Waals surface area contributed by atoms with Crippen molar-refractivity contribution in [3.8, 4) is 5.75 Å². The molecule has 1 fully saturated rings. The fourth-order valence-electron chi connectivity index (χ4n) is 3.98. The summed E-state index contributed by atoms with van der Waals surface area (Å²) in [5.41, 5.74) is 2.00. The molecule has 29 heavy (non-hydrogen) atoms. The molecule has 2 aromatic heterocycles. The third-order valence-electron chi connectivity index (χ3n) is 5.34. The van der Waals surface area contributed by atoms with Crippen molar-refractivity contribution in [1.82, 2.24) is 24.5 Å². The van der Waals surface area contributed by atoms with E-state index in [9.17, 15) is 13.2 Å². The van der Waals surface area contributed by atoms with Crippen LogP contribution in [0.25, 0.3) is 5.78 Å². The SMILES string of the molecule is COc1cc(C(F)(F)F)ccc1CN1CCCC(c2cc(C)nc3ncnn23)C1. The van der Waals surface area contributed by atoms with Crippen LogP contribution in [0.15, 0.2) is 30.6 Å². The highest BCUT2D eigenvalue weighted by Gasteiger charge is 2.32. The Bertz CT molecular complexity index is 1020. The van der Waals surface area contributed by atoms with E-state index in [1.807, 2.05) is 13.0 Å². The molecule has 0 N–H and O–H groups in total. The van der Waals surface area contributed by atoms with Gasteiger partial charge in [0.25, 0.3) is 5.78 Å². The van der Waals surface area contributed by atoms with Crippen molar-refractivity contribution in [1.29, 1.82) is 0 Å². The molecule has 0 spiro atoms. The summed E-state index contributed by atoms with van der Waals surface area (Å²) < 4.78 is 46.0. The lowest BCUT2D eigenvalue weighted by molar-refractivity contribution is -0.137. The number of hydrogen-bond donors (Lipinski definition) is 0. The number of ether oxygens (including phenoxy) is 1. The van der Waals surface area contributed by atoms with E-state index >= 15 is 0 Å². The first-order chi connectivity index (χ1) is 13.8. The van der Waals surface area contributed by atoms with Crippen molar-refractivity contribution >= 4 is 5.78 Å². The molecule has 1 unspecified atom stereocenters. The summed E-state index contributed by atoms with van der Waals surface area (Å²) in [6.45, 7) is 4.13. The fourth-order valence-corrected chi connectivity index (χ4v) is 3.98. The number of benzene rings is 1. The molecule has 0 amide bonds. The van der Waals surface area contributed by atoms with Gasteiger partial charge in [-0.3, -0.25) is 4.90 Å². The maximum Gasteiger partial charge on any atom is 0.416 e. The van der Waals surface area contributed by atoms with E-state index in [0.717, 1.165) is 55.0 Å². The molecule has 1 aliphatic rings. The number of hydrogen-bond acceptors (Lipinski definition) is 5. The van der Waals surface area contributed by atoms with Gasteiger partial charge in [-0.2, -0.15) is 23.3 Å².